The Hall–Kier alpha value is -2.01. The van der Waals surface area contributed by atoms with Crippen LogP contribution in [-0.4, -0.2) is 13.3 Å². The molecule has 0 saturated heterocycles. The maximum atomic E-state index is 5.81. The standard InChI is InChI=1S/C15H15BrN2O2/c1-19-14-4-2-3-11(7-14)10-20-15-6-5-13(16)8-12(15)9-18-17/h2-9H,10,17H2,1H3. The number of hydrazone groups is 1. The van der Waals surface area contributed by atoms with Crippen LogP contribution in [0.3, 0.4) is 0 Å². The Balaban J connectivity index is 2.14. The summed E-state index contributed by atoms with van der Waals surface area (Å²) in [6.07, 6.45) is 1.56. The first kappa shape index (κ1) is 14.4. The molecule has 4 nitrogen and oxygen atoms in total. The zero-order valence-electron chi connectivity index (χ0n) is 11.0. The molecule has 0 atom stereocenters. The van der Waals surface area contributed by atoms with Crippen molar-refractivity contribution in [2.24, 2.45) is 10.9 Å². The number of methoxy groups -OCH3 is 1. The van der Waals surface area contributed by atoms with Gasteiger partial charge in [0, 0.05) is 10.0 Å². The quantitative estimate of drug-likeness (QED) is 0.518. The van der Waals surface area contributed by atoms with Gasteiger partial charge >= 0.3 is 0 Å². The fourth-order valence-electron chi connectivity index (χ4n) is 1.76. The summed E-state index contributed by atoms with van der Waals surface area (Å²) in [5.41, 5.74) is 1.85. The minimum absolute atomic E-state index is 0.449. The van der Waals surface area contributed by atoms with E-state index in [0.717, 1.165) is 27.1 Å². The second kappa shape index (κ2) is 6.96. The Labute approximate surface area is 126 Å². The highest BCUT2D eigenvalue weighted by atomic mass is 79.9. The number of nitrogens with two attached hydrogens (primary N) is 1. The van der Waals surface area contributed by atoms with E-state index in [2.05, 4.69) is 21.0 Å². The molecule has 0 aromatic heterocycles. The van der Waals surface area contributed by atoms with E-state index in [1.165, 1.54) is 0 Å². The molecule has 0 saturated carbocycles. The molecule has 2 aromatic carbocycles. The molecule has 2 N–H and O–H groups in total. The molecule has 0 aliphatic rings. The lowest BCUT2D eigenvalue weighted by Crippen LogP contribution is -1.99. The average molecular weight is 335 g/mol. The van der Waals surface area contributed by atoms with E-state index in [1.54, 1.807) is 13.3 Å². The van der Waals surface area contributed by atoms with Crippen LogP contribution in [0.5, 0.6) is 11.5 Å². The third kappa shape index (κ3) is 3.74. The highest BCUT2D eigenvalue weighted by Crippen LogP contribution is 2.23. The molecule has 0 aliphatic heterocycles. The molecule has 0 bridgehead atoms. The van der Waals surface area contributed by atoms with Crippen LogP contribution in [0, 0.1) is 0 Å². The summed E-state index contributed by atoms with van der Waals surface area (Å²) < 4.78 is 11.9. The topological polar surface area (TPSA) is 56.8 Å². The smallest absolute Gasteiger partial charge is 0.128 e. The van der Waals surface area contributed by atoms with Crippen molar-refractivity contribution in [2.75, 3.05) is 7.11 Å². The summed E-state index contributed by atoms with van der Waals surface area (Å²) in [6.45, 7) is 0.449. The Kier molecular flexibility index (Phi) is 5.01. The van der Waals surface area contributed by atoms with Crippen LogP contribution in [0.15, 0.2) is 52.0 Å². The minimum atomic E-state index is 0.449. The SMILES string of the molecule is COc1cccc(COc2ccc(Br)cc2C=NN)c1. The van der Waals surface area contributed by atoms with Crippen molar-refractivity contribution < 1.29 is 9.47 Å². The fraction of sp³-hybridized carbons (Fsp3) is 0.133. The first-order valence-corrected chi connectivity index (χ1v) is 6.81. The van der Waals surface area contributed by atoms with Crippen LogP contribution < -0.4 is 15.3 Å². The van der Waals surface area contributed by atoms with Gasteiger partial charge in [-0.05, 0) is 35.9 Å². The predicted octanol–water partition coefficient (Wildman–Crippen LogP) is 3.33. The van der Waals surface area contributed by atoms with E-state index >= 15 is 0 Å². The van der Waals surface area contributed by atoms with Gasteiger partial charge in [0.15, 0.2) is 0 Å². The summed E-state index contributed by atoms with van der Waals surface area (Å²) >= 11 is 3.41. The molecule has 5 heteroatoms. The number of rotatable bonds is 5. The Morgan fingerprint density at radius 1 is 1.25 bits per heavy atom. The second-order valence-corrected chi connectivity index (χ2v) is 5.02. The van der Waals surface area contributed by atoms with Crippen LogP contribution in [0.25, 0.3) is 0 Å². The highest BCUT2D eigenvalue weighted by molar-refractivity contribution is 9.10. The monoisotopic (exact) mass is 334 g/mol. The normalized spacial score (nSPS) is 10.7. The minimum Gasteiger partial charge on any atom is -0.497 e. The van der Waals surface area contributed by atoms with Crippen LogP contribution in [0.1, 0.15) is 11.1 Å². The first-order valence-electron chi connectivity index (χ1n) is 6.01. The van der Waals surface area contributed by atoms with Crippen molar-refractivity contribution in [3.8, 4) is 11.5 Å². The summed E-state index contributed by atoms with van der Waals surface area (Å²) in [6, 6.07) is 13.4. The molecule has 0 aliphatic carbocycles. The van der Waals surface area contributed by atoms with Gasteiger partial charge in [0.25, 0.3) is 0 Å². The number of ether oxygens (including phenoxy) is 2. The number of nitrogens with zero attached hydrogens (tertiary/aromatic N) is 1. The molecule has 0 fully saturated rings. The van der Waals surface area contributed by atoms with Gasteiger partial charge in [-0.15, -0.1) is 0 Å². The van der Waals surface area contributed by atoms with Crippen LogP contribution in [0.4, 0.5) is 0 Å². The maximum absolute atomic E-state index is 5.81. The lowest BCUT2D eigenvalue weighted by atomic mass is 10.2. The van der Waals surface area contributed by atoms with E-state index in [-0.39, 0.29) is 0 Å². The predicted molar refractivity (Wildman–Crippen MR) is 83.2 cm³/mol. The molecule has 2 rings (SSSR count). The van der Waals surface area contributed by atoms with Gasteiger partial charge in [-0.3, -0.25) is 0 Å². The van der Waals surface area contributed by atoms with Crippen molar-refractivity contribution in [3.05, 3.63) is 58.1 Å². The molecular formula is C15H15BrN2O2. The van der Waals surface area contributed by atoms with Gasteiger partial charge in [-0.2, -0.15) is 5.10 Å². The lowest BCUT2D eigenvalue weighted by molar-refractivity contribution is 0.304. The summed E-state index contributed by atoms with van der Waals surface area (Å²) in [7, 11) is 1.64. The molecule has 2 aromatic rings. The molecule has 20 heavy (non-hydrogen) atoms. The van der Waals surface area contributed by atoms with Crippen LogP contribution in [0.2, 0.25) is 0 Å². The fourth-order valence-corrected chi connectivity index (χ4v) is 2.13. The molecule has 104 valence electrons. The Morgan fingerprint density at radius 3 is 2.85 bits per heavy atom. The third-order valence-corrected chi connectivity index (χ3v) is 3.21. The Morgan fingerprint density at radius 2 is 2.10 bits per heavy atom. The average Bonchev–Trinajstić information content (AvgIpc) is 2.47. The van der Waals surface area contributed by atoms with E-state index in [4.69, 9.17) is 15.3 Å². The summed E-state index contributed by atoms with van der Waals surface area (Å²) in [4.78, 5) is 0. The number of hydrogen-bond donors (Lipinski definition) is 1. The summed E-state index contributed by atoms with van der Waals surface area (Å²) in [5, 5.41) is 3.54. The summed E-state index contributed by atoms with van der Waals surface area (Å²) in [5.74, 6) is 6.74. The van der Waals surface area contributed by atoms with Crippen molar-refractivity contribution in [2.45, 2.75) is 6.61 Å². The lowest BCUT2D eigenvalue weighted by Gasteiger charge is -2.10. The van der Waals surface area contributed by atoms with Crippen LogP contribution >= 0.6 is 15.9 Å². The van der Waals surface area contributed by atoms with Crippen LogP contribution in [-0.2, 0) is 6.61 Å². The molecule has 0 radical (unpaired) electrons. The first-order chi connectivity index (χ1) is 9.72. The maximum Gasteiger partial charge on any atom is 0.128 e. The second-order valence-electron chi connectivity index (χ2n) is 4.10. The van der Waals surface area contributed by atoms with Gasteiger partial charge in [0.05, 0.1) is 13.3 Å². The number of hydrogen-bond acceptors (Lipinski definition) is 4. The third-order valence-electron chi connectivity index (χ3n) is 2.71. The van der Waals surface area contributed by atoms with E-state index < -0.39 is 0 Å². The van der Waals surface area contributed by atoms with Gasteiger partial charge in [-0.1, -0.05) is 28.1 Å². The number of benzene rings is 2. The van der Waals surface area contributed by atoms with Gasteiger partial charge in [-0.25, -0.2) is 0 Å². The van der Waals surface area contributed by atoms with Gasteiger partial charge in [0.1, 0.15) is 18.1 Å². The highest BCUT2D eigenvalue weighted by Gasteiger charge is 2.04. The van der Waals surface area contributed by atoms with Gasteiger partial charge < -0.3 is 15.3 Å². The van der Waals surface area contributed by atoms with Gasteiger partial charge in [0.2, 0.25) is 0 Å². The van der Waals surface area contributed by atoms with E-state index in [0.29, 0.717) is 6.61 Å². The zero-order chi connectivity index (χ0) is 14.4. The number of halogens is 1. The van der Waals surface area contributed by atoms with Crippen molar-refractivity contribution >= 4 is 22.1 Å². The van der Waals surface area contributed by atoms with E-state index in [1.807, 2.05) is 42.5 Å². The molecule has 0 spiro atoms. The van der Waals surface area contributed by atoms with E-state index in [9.17, 15) is 0 Å². The van der Waals surface area contributed by atoms with Crippen molar-refractivity contribution in [1.82, 2.24) is 0 Å². The zero-order valence-corrected chi connectivity index (χ0v) is 12.6. The molecule has 0 amide bonds. The van der Waals surface area contributed by atoms with Crippen molar-refractivity contribution in [3.63, 3.8) is 0 Å². The molecular weight excluding hydrogens is 320 g/mol. The molecule has 0 heterocycles. The van der Waals surface area contributed by atoms with Crippen molar-refractivity contribution in [1.29, 1.82) is 0 Å². The molecule has 0 unspecified atom stereocenters. The Bertz CT molecular complexity index is 615. The largest absolute Gasteiger partial charge is 0.497 e.